The van der Waals surface area contributed by atoms with E-state index in [9.17, 15) is 0 Å². The minimum atomic E-state index is -0.0422. The second-order valence-corrected chi connectivity index (χ2v) is 3.90. The highest BCUT2D eigenvalue weighted by atomic mass is 16.5. The second-order valence-electron chi connectivity index (χ2n) is 3.90. The fourth-order valence-corrected chi connectivity index (χ4v) is 0.877. The summed E-state index contributed by atoms with van der Waals surface area (Å²) in [5, 5.41) is 0. The number of ether oxygens (including phenoxy) is 2. The molecule has 0 aromatic carbocycles. The SMILES string of the molecule is [CH2]CC(CCOC(C)(C)C)OC. The first-order chi connectivity index (χ1) is 5.49. The summed E-state index contributed by atoms with van der Waals surface area (Å²) in [6.45, 7) is 10.7. The Bertz CT molecular complexity index is 101. The van der Waals surface area contributed by atoms with Crippen LogP contribution in [-0.2, 0) is 9.47 Å². The second kappa shape index (κ2) is 5.55. The highest BCUT2D eigenvalue weighted by Crippen LogP contribution is 2.09. The third-order valence-corrected chi connectivity index (χ3v) is 1.63. The number of hydrogen-bond acceptors (Lipinski definition) is 2. The van der Waals surface area contributed by atoms with Crippen molar-refractivity contribution >= 4 is 0 Å². The van der Waals surface area contributed by atoms with Crippen LogP contribution in [-0.4, -0.2) is 25.4 Å². The largest absolute Gasteiger partial charge is 0.381 e. The summed E-state index contributed by atoms with van der Waals surface area (Å²) in [6.07, 6.45) is 1.98. The van der Waals surface area contributed by atoms with Crippen molar-refractivity contribution < 1.29 is 9.47 Å². The molecule has 1 radical (unpaired) electrons. The van der Waals surface area contributed by atoms with Crippen LogP contribution in [0.5, 0.6) is 0 Å². The monoisotopic (exact) mass is 173 g/mol. The fourth-order valence-electron chi connectivity index (χ4n) is 0.877. The van der Waals surface area contributed by atoms with Crippen molar-refractivity contribution in [2.75, 3.05) is 13.7 Å². The lowest BCUT2D eigenvalue weighted by Crippen LogP contribution is -2.22. The maximum atomic E-state index is 5.56. The van der Waals surface area contributed by atoms with Gasteiger partial charge in [0.15, 0.2) is 0 Å². The lowest BCUT2D eigenvalue weighted by atomic mass is 10.2. The number of hydrogen-bond donors (Lipinski definition) is 0. The molecule has 1 atom stereocenters. The van der Waals surface area contributed by atoms with E-state index in [1.165, 1.54) is 0 Å². The van der Waals surface area contributed by atoms with Crippen LogP contribution in [0.15, 0.2) is 0 Å². The lowest BCUT2D eigenvalue weighted by molar-refractivity contribution is -0.0241. The third-order valence-electron chi connectivity index (χ3n) is 1.63. The van der Waals surface area contributed by atoms with Crippen LogP contribution in [0.4, 0.5) is 0 Å². The first-order valence-electron chi connectivity index (χ1n) is 4.45. The van der Waals surface area contributed by atoms with Gasteiger partial charge in [-0.2, -0.15) is 0 Å². The summed E-state index contributed by atoms with van der Waals surface area (Å²) >= 11 is 0. The maximum absolute atomic E-state index is 5.56. The number of rotatable bonds is 5. The first-order valence-corrected chi connectivity index (χ1v) is 4.45. The summed E-state index contributed by atoms with van der Waals surface area (Å²) in [6, 6.07) is 0. The van der Waals surface area contributed by atoms with Gasteiger partial charge in [0.2, 0.25) is 0 Å². The van der Waals surface area contributed by atoms with E-state index < -0.39 is 0 Å². The molecule has 0 saturated heterocycles. The molecule has 0 aliphatic carbocycles. The standard InChI is InChI=1S/C10H21O2/c1-6-9(11-5)7-8-12-10(2,3)4/h9H,1,6-8H2,2-5H3. The molecule has 1 unspecified atom stereocenters. The molecular weight excluding hydrogens is 152 g/mol. The molecule has 0 aliphatic heterocycles. The van der Waals surface area contributed by atoms with Gasteiger partial charge in [-0.3, -0.25) is 0 Å². The van der Waals surface area contributed by atoms with Crippen molar-refractivity contribution in [3.05, 3.63) is 6.92 Å². The molecule has 0 fully saturated rings. The van der Waals surface area contributed by atoms with Gasteiger partial charge < -0.3 is 9.47 Å². The zero-order chi connectivity index (χ0) is 9.61. The van der Waals surface area contributed by atoms with Gasteiger partial charge in [-0.25, -0.2) is 0 Å². The molecular formula is C10H21O2. The van der Waals surface area contributed by atoms with Crippen molar-refractivity contribution in [2.45, 2.75) is 45.3 Å². The van der Waals surface area contributed by atoms with Gasteiger partial charge in [-0.05, 0) is 33.6 Å². The van der Waals surface area contributed by atoms with E-state index in [1.807, 2.05) is 0 Å². The molecule has 0 amide bonds. The summed E-state index contributed by atoms with van der Waals surface area (Å²) in [7, 11) is 1.72. The molecule has 0 aromatic heterocycles. The average molecular weight is 173 g/mol. The van der Waals surface area contributed by atoms with Crippen molar-refractivity contribution in [3.63, 3.8) is 0 Å². The average Bonchev–Trinajstić information content (AvgIpc) is 1.96. The maximum Gasteiger partial charge on any atom is 0.0598 e. The van der Waals surface area contributed by atoms with Gasteiger partial charge in [-0.1, -0.05) is 6.92 Å². The van der Waals surface area contributed by atoms with Gasteiger partial charge in [0.1, 0.15) is 0 Å². The van der Waals surface area contributed by atoms with Gasteiger partial charge in [-0.15, -0.1) is 0 Å². The Labute approximate surface area is 76.3 Å². The Morgan fingerprint density at radius 3 is 2.25 bits per heavy atom. The zero-order valence-electron chi connectivity index (χ0n) is 8.72. The zero-order valence-corrected chi connectivity index (χ0v) is 8.72. The Balaban J connectivity index is 3.41. The highest BCUT2D eigenvalue weighted by molar-refractivity contribution is 4.62. The van der Waals surface area contributed by atoms with Crippen LogP contribution < -0.4 is 0 Å². The van der Waals surface area contributed by atoms with E-state index in [4.69, 9.17) is 9.47 Å². The van der Waals surface area contributed by atoms with Crippen LogP contribution in [0.1, 0.15) is 33.6 Å². The van der Waals surface area contributed by atoms with E-state index in [1.54, 1.807) is 7.11 Å². The Hall–Kier alpha value is -0.0800. The summed E-state index contributed by atoms with van der Waals surface area (Å²) in [5.41, 5.74) is -0.0422. The molecule has 0 saturated carbocycles. The molecule has 0 aromatic rings. The van der Waals surface area contributed by atoms with Crippen molar-refractivity contribution in [1.82, 2.24) is 0 Å². The molecule has 0 spiro atoms. The van der Waals surface area contributed by atoms with Gasteiger partial charge in [0, 0.05) is 13.7 Å². The van der Waals surface area contributed by atoms with Gasteiger partial charge in [0.25, 0.3) is 0 Å². The van der Waals surface area contributed by atoms with Crippen molar-refractivity contribution in [2.24, 2.45) is 0 Å². The first kappa shape index (κ1) is 11.9. The molecule has 0 heterocycles. The smallest absolute Gasteiger partial charge is 0.0598 e. The predicted octanol–water partition coefficient (Wildman–Crippen LogP) is 2.43. The summed E-state index contributed by atoms with van der Waals surface area (Å²) in [5.74, 6) is 0. The molecule has 0 bridgehead atoms. The topological polar surface area (TPSA) is 18.5 Å². The van der Waals surface area contributed by atoms with Crippen LogP contribution in [0.3, 0.4) is 0 Å². The molecule has 2 nitrogen and oxygen atoms in total. The van der Waals surface area contributed by atoms with E-state index in [0.717, 1.165) is 19.4 Å². The summed E-state index contributed by atoms with van der Waals surface area (Å²) in [4.78, 5) is 0. The van der Waals surface area contributed by atoms with E-state index in [2.05, 4.69) is 27.7 Å². The lowest BCUT2D eigenvalue weighted by Gasteiger charge is -2.21. The molecule has 0 N–H and O–H groups in total. The minimum absolute atomic E-state index is 0.0422. The predicted molar refractivity (Wildman–Crippen MR) is 51.1 cm³/mol. The molecule has 0 aliphatic rings. The van der Waals surface area contributed by atoms with E-state index >= 15 is 0 Å². The molecule has 73 valence electrons. The number of methoxy groups -OCH3 is 1. The fraction of sp³-hybridized carbons (Fsp3) is 0.900. The third kappa shape index (κ3) is 6.62. The van der Waals surface area contributed by atoms with Crippen LogP contribution in [0.25, 0.3) is 0 Å². The van der Waals surface area contributed by atoms with Crippen LogP contribution in [0, 0.1) is 6.92 Å². The Kier molecular flexibility index (Phi) is 5.51. The van der Waals surface area contributed by atoms with Gasteiger partial charge in [0.05, 0.1) is 11.7 Å². The Morgan fingerprint density at radius 2 is 1.92 bits per heavy atom. The van der Waals surface area contributed by atoms with E-state index in [-0.39, 0.29) is 11.7 Å². The quantitative estimate of drug-likeness (QED) is 0.635. The Morgan fingerprint density at radius 1 is 1.33 bits per heavy atom. The highest BCUT2D eigenvalue weighted by Gasteiger charge is 2.11. The van der Waals surface area contributed by atoms with Crippen LogP contribution >= 0.6 is 0 Å². The van der Waals surface area contributed by atoms with Crippen molar-refractivity contribution in [3.8, 4) is 0 Å². The molecule has 2 heteroatoms. The molecule has 12 heavy (non-hydrogen) atoms. The normalized spacial score (nSPS) is 14.8. The van der Waals surface area contributed by atoms with Crippen LogP contribution in [0.2, 0.25) is 0 Å². The van der Waals surface area contributed by atoms with Crippen molar-refractivity contribution in [1.29, 1.82) is 0 Å². The summed E-state index contributed by atoms with van der Waals surface area (Å²) < 4.78 is 10.7. The minimum Gasteiger partial charge on any atom is -0.381 e. The molecule has 0 rings (SSSR count). The van der Waals surface area contributed by atoms with Gasteiger partial charge >= 0.3 is 0 Å². The van der Waals surface area contributed by atoms with E-state index in [0.29, 0.717) is 0 Å².